The van der Waals surface area contributed by atoms with Crippen LogP contribution in [-0.4, -0.2) is 12.5 Å². The van der Waals surface area contributed by atoms with Gasteiger partial charge in [0.1, 0.15) is 5.58 Å². The third-order valence-electron chi connectivity index (χ3n) is 4.85. The van der Waals surface area contributed by atoms with Crippen molar-refractivity contribution in [3.05, 3.63) is 93.1 Å². The maximum atomic E-state index is 13.2. The van der Waals surface area contributed by atoms with Gasteiger partial charge in [0.05, 0.1) is 5.39 Å². The van der Waals surface area contributed by atoms with Crippen LogP contribution < -0.4 is 15.5 Å². The van der Waals surface area contributed by atoms with E-state index < -0.39 is 5.91 Å². The van der Waals surface area contributed by atoms with Crippen molar-refractivity contribution in [3.8, 4) is 17.1 Å². The Kier molecular flexibility index (Phi) is 5.78. The predicted molar refractivity (Wildman–Crippen MR) is 123 cm³/mol. The second-order valence-electron chi connectivity index (χ2n) is 7.26. The van der Waals surface area contributed by atoms with Gasteiger partial charge in [-0.2, -0.15) is 0 Å². The quantitative estimate of drug-likeness (QED) is 0.435. The van der Waals surface area contributed by atoms with Gasteiger partial charge in [-0.25, -0.2) is 0 Å². The molecule has 0 saturated carbocycles. The van der Waals surface area contributed by atoms with Gasteiger partial charge in [-0.05, 0) is 49.2 Å². The van der Waals surface area contributed by atoms with Crippen molar-refractivity contribution in [2.45, 2.75) is 13.8 Å². The number of ether oxygens (including phenoxy) is 1. The van der Waals surface area contributed by atoms with E-state index in [9.17, 15) is 9.59 Å². The van der Waals surface area contributed by atoms with Crippen LogP contribution in [-0.2, 0) is 4.79 Å². The third-order valence-corrected chi connectivity index (χ3v) is 5.25. The highest BCUT2D eigenvalue weighted by atomic mass is 35.5. The molecule has 0 spiro atoms. The SMILES string of the molecule is Cc1ccc2c(=O)c(OCC(=O)Nc3ccc(C)c(Cl)c3)c(-c3ccccc3)oc2c1. The zero-order valence-electron chi connectivity index (χ0n) is 17.1. The summed E-state index contributed by atoms with van der Waals surface area (Å²) in [6, 6.07) is 19.8. The van der Waals surface area contributed by atoms with E-state index >= 15 is 0 Å². The molecule has 0 fully saturated rings. The maximum absolute atomic E-state index is 13.2. The van der Waals surface area contributed by atoms with Crippen molar-refractivity contribution >= 4 is 34.2 Å². The molecule has 0 atom stereocenters. The fraction of sp³-hybridized carbons (Fsp3) is 0.120. The highest BCUT2D eigenvalue weighted by Crippen LogP contribution is 2.31. The van der Waals surface area contributed by atoms with E-state index in [1.54, 1.807) is 24.3 Å². The summed E-state index contributed by atoms with van der Waals surface area (Å²) in [6.07, 6.45) is 0. The first kappa shape index (κ1) is 20.7. The summed E-state index contributed by atoms with van der Waals surface area (Å²) in [4.78, 5) is 25.6. The minimum Gasteiger partial charge on any atom is -0.476 e. The van der Waals surface area contributed by atoms with Crippen molar-refractivity contribution in [1.29, 1.82) is 0 Å². The summed E-state index contributed by atoms with van der Waals surface area (Å²) >= 11 is 6.11. The summed E-state index contributed by atoms with van der Waals surface area (Å²) < 4.78 is 11.7. The van der Waals surface area contributed by atoms with E-state index in [1.165, 1.54) is 0 Å². The Labute approximate surface area is 184 Å². The minimum absolute atomic E-state index is 0.000332. The molecule has 31 heavy (non-hydrogen) atoms. The zero-order valence-corrected chi connectivity index (χ0v) is 17.8. The van der Waals surface area contributed by atoms with Crippen LogP contribution >= 0.6 is 11.6 Å². The van der Waals surface area contributed by atoms with Gasteiger partial charge < -0.3 is 14.5 Å². The van der Waals surface area contributed by atoms with Crippen molar-refractivity contribution in [3.63, 3.8) is 0 Å². The number of fused-ring (bicyclic) bond motifs is 1. The number of hydrogen-bond acceptors (Lipinski definition) is 4. The summed E-state index contributed by atoms with van der Waals surface area (Å²) in [7, 11) is 0. The Balaban J connectivity index is 1.66. The van der Waals surface area contributed by atoms with Crippen LogP contribution in [0.2, 0.25) is 5.02 Å². The third kappa shape index (κ3) is 4.47. The lowest BCUT2D eigenvalue weighted by Crippen LogP contribution is -2.22. The molecule has 1 N–H and O–H groups in total. The van der Waals surface area contributed by atoms with Gasteiger partial charge in [-0.1, -0.05) is 54.1 Å². The van der Waals surface area contributed by atoms with Crippen LogP contribution in [0.4, 0.5) is 5.69 Å². The number of aryl methyl sites for hydroxylation is 2. The topological polar surface area (TPSA) is 68.5 Å². The number of hydrogen-bond donors (Lipinski definition) is 1. The normalized spacial score (nSPS) is 10.8. The molecule has 0 aliphatic carbocycles. The number of carbonyl (C=O) groups excluding carboxylic acids is 1. The average Bonchev–Trinajstić information content (AvgIpc) is 2.76. The predicted octanol–water partition coefficient (Wildman–Crippen LogP) is 5.75. The van der Waals surface area contributed by atoms with Crippen molar-refractivity contribution in [2.24, 2.45) is 0 Å². The lowest BCUT2D eigenvalue weighted by molar-refractivity contribution is -0.118. The van der Waals surface area contributed by atoms with Gasteiger partial charge in [0.25, 0.3) is 5.91 Å². The first-order valence-electron chi connectivity index (χ1n) is 9.74. The van der Waals surface area contributed by atoms with Crippen LogP contribution in [0, 0.1) is 13.8 Å². The molecule has 4 aromatic rings. The number of nitrogens with one attached hydrogen (secondary N) is 1. The average molecular weight is 434 g/mol. The fourth-order valence-corrected chi connectivity index (χ4v) is 3.38. The van der Waals surface area contributed by atoms with Crippen LogP contribution in [0.25, 0.3) is 22.3 Å². The number of benzene rings is 3. The highest BCUT2D eigenvalue weighted by molar-refractivity contribution is 6.31. The number of anilines is 1. The lowest BCUT2D eigenvalue weighted by atomic mass is 10.1. The molecule has 0 unspecified atom stereocenters. The Morgan fingerprint density at radius 1 is 1.03 bits per heavy atom. The Morgan fingerprint density at radius 3 is 2.55 bits per heavy atom. The monoisotopic (exact) mass is 433 g/mol. The molecule has 156 valence electrons. The molecule has 0 aliphatic heterocycles. The van der Waals surface area contributed by atoms with Gasteiger partial charge in [0.2, 0.25) is 11.2 Å². The smallest absolute Gasteiger partial charge is 0.262 e. The largest absolute Gasteiger partial charge is 0.476 e. The number of rotatable bonds is 5. The molecule has 0 bridgehead atoms. The molecular weight excluding hydrogens is 414 g/mol. The molecule has 0 radical (unpaired) electrons. The first-order chi connectivity index (χ1) is 14.9. The minimum atomic E-state index is -0.415. The highest BCUT2D eigenvalue weighted by Gasteiger charge is 2.19. The lowest BCUT2D eigenvalue weighted by Gasteiger charge is -2.12. The molecule has 6 heteroatoms. The van der Waals surface area contributed by atoms with E-state index in [-0.39, 0.29) is 23.5 Å². The summed E-state index contributed by atoms with van der Waals surface area (Å²) in [6.45, 7) is 3.45. The molecule has 5 nitrogen and oxygen atoms in total. The molecule has 4 rings (SSSR count). The second kappa shape index (κ2) is 8.66. The fourth-order valence-electron chi connectivity index (χ4n) is 3.20. The maximum Gasteiger partial charge on any atom is 0.262 e. The second-order valence-corrected chi connectivity index (χ2v) is 7.66. The van der Waals surface area contributed by atoms with Gasteiger partial charge in [0, 0.05) is 16.3 Å². The van der Waals surface area contributed by atoms with Gasteiger partial charge in [-0.3, -0.25) is 9.59 Å². The molecule has 1 amide bonds. The standard InChI is InChI=1S/C25H20ClNO4/c1-15-8-11-19-21(12-15)31-24(17-6-4-3-5-7-17)25(23(19)29)30-14-22(28)27-18-10-9-16(2)20(26)13-18/h3-13H,14H2,1-2H3,(H,27,28). The number of halogens is 1. The Hall–Kier alpha value is -3.57. The van der Waals surface area contributed by atoms with Gasteiger partial charge in [0.15, 0.2) is 12.4 Å². The van der Waals surface area contributed by atoms with Crippen molar-refractivity contribution in [2.75, 3.05) is 11.9 Å². The van der Waals surface area contributed by atoms with Crippen molar-refractivity contribution in [1.82, 2.24) is 0 Å². The van der Waals surface area contributed by atoms with E-state index in [4.69, 9.17) is 20.8 Å². The van der Waals surface area contributed by atoms with Crippen LogP contribution in [0.1, 0.15) is 11.1 Å². The zero-order chi connectivity index (χ0) is 22.0. The van der Waals surface area contributed by atoms with Crippen LogP contribution in [0.5, 0.6) is 5.75 Å². The molecule has 3 aromatic carbocycles. The molecule has 1 aromatic heterocycles. The number of amides is 1. The van der Waals surface area contributed by atoms with E-state index in [1.807, 2.05) is 56.3 Å². The molecule has 1 heterocycles. The molecular formula is C25H20ClNO4. The van der Waals surface area contributed by atoms with Crippen LogP contribution in [0.15, 0.2) is 75.9 Å². The number of carbonyl (C=O) groups is 1. The Morgan fingerprint density at radius 2 is 1.81 bits per heavy atom. The first-order valence-corrected chi connectivity index (χ1v) is 10.1. The Bertz CT molecular complexity index is 1330. The summed E-state index contributed by atoms with van der Waals surface area (Å²) in [5.41, 5.74) is 3.25. The van der Waals surface area contributed by atoms with E-state index in [2.05, 4.69) is 5.32 Å². The van der Waals surface area contributed by atoms with Crippen LogP contribution in [0.3, 0.4) is 0 Å². The molecule has 0 saturated heterocycles. The van der Waals surface area contributed by atoms with Gasteiger partial charge in [-0.15, -0.1) is 0 Å². The van der Waals surface area contributed by atoms with Crippen molar-refractivity contribution < 1.29 is 13.9 Å². The van der Waals surface area contributed by atoms with E-state index in [0.29, 0.717) is 27.2 Å². The van der Waals surface area contributed by atoms with E-state index in [0.717, 1.165) is 11.1 Å². The molecule has 0 aliphatic rings. The summed E-state index contributed by atoms with van der Waals surface area (Å²) in [5, 5.41) is 3.67. The summed E-state index contributed by atoms with van der Waals surface area (Å²) in [5.74, 6) is -0.128. The van der Waals surface area contributed by atoms with Gasteiger partial charge >= 0.3 is 0 Å².